The van der Waals surface area contributed by atoms with Crippen LogP contribution in [-0.4, -0.2) is 25.5 Å². The summed E-state index contributed by atoms with van der Waals surface area (Å²) in [6.07, 6.45) is 3.78. The Hall–Kier alpha value is -1.84. The molecule has 1 heterocycles. The van der Waals surface area contributed by atoms with Crippen molar-refractivity contribution in [3.63, 3.8) is 0 Å². The first kappa shape index (κ1) is 16.0. The standard InChI is InChI=1S/C20H26N2O/c1-22(2)15-17-12-11-16(19-10-6-7-13-21-19)14-20(17)23-18-8-4-3-5-9-18/h3-5,8-9,11-12,14,19,21H,6-7,10,13,15H2,1-2H3. The molecule has 122 valence electrons. The minimum absolute atomic E-state index is 0.454. The highest BCUT2D eigenvalue weighted by Crippen LogP contribution is 2.31. The molecule has 0 amide bonds. The van der Waals surface area contributed by atoms with Crippen molar-refractivity contribution in [2.75, 3.05) is 20.6 Å². The molecule has 3 rings (SSSR count). The van der Waals surface area contributed by atoms with Gasteiger partial charge in [-0.05, 0) is 57.2 Å². The highest BCUT2D eigenvalue weighted by molar-refractivity contribution is 5.42. The van der Waals surface area contributed by atoms with E-state index in [1.807, 2.05) is 30.3 Å². The Labute approximate surface area is 139 Å². The summed E-state index contributed by atoms with van der Waals surface area (Å²) in [7, 11) is 4.17. The minimum atomic E-state index is 0.454. The summed E-state index contributed by atoms with van der Waals surface area (Å²) in [4.78, 5) is 2.17. The Kier molecular flexibility index (Phi) is 5.31. The zero-order valence-electron chi connectivity index (χ0n) is 14.1. The average molecular weight is 310 g/mol. The Morgan fingerprint density at radius 2 is 1.91 bits per heavy atom. The molecule has 1 saturated heterocycles. The fourth-order valence-electron chi connectivity index (χ4n) is 3.11. The van der Waals surface area contributed by atoms with Crippen LogP contribution in [0.2, 0.25) is 0 Å². The van der Waals surface area contributed by atoms with Crippen molar-refractivity contribution in [3.05, 3.63) is 59.7 Å². The van der Waals surface area contributed by atoms with E-state index in [9.17, 15) is 0 Å². The van der Waals surface area contributed by atoms with Crippen LogP contribution in [0.1, 0.15) is 36.4 Å². The van der Waals surface area contributed by atoms with Gasteiger partial charge in [-0.1, -0.05) is 36.8 Å². The fraction of sp³-hybridized carbons (Fsp3) is 0.400. The van der Waals surface area contributed by atoms with Gasteiger partial charge in [0.1, 0.15) is 11.5 Å². The second-order valence-electron chi connectivity index (χ2n) is 6.52. The molecule has 3 heteroatoms. The predicted molar refractivity (Wildman–Crippen MR) is 94.9 cm³/mol. The van der Waals surface area contributed by atoms with Crippen LogP contribution in [0.5, 0.6) is 11.5 Å². The SMILES string of the molecule is CN(C)Cc1ccc(C2CCCCN2)cc1Oc1ccccc1. The molecule has 0 aliphatic carbocycles. The maximum Gasteiger partial charge on any atom is 0.132 e. The summed E-state index contributed by atoms with van der Waals surface area (Å²) in [5, 5.41) is 3.62. The molecule has 0 bridgehead atoms. The molecular weight excluding hydrogens is 284 g/mol. The number of rotatable bonds is 5. The van der Waals surface area contributed by atoms with Crippen molar-refractivity contribution in [1.29, 1.82) is 0 Å². The van der Waals surface area contributed by atoms with Crippen LogP contribution in [0.3, 0.4) is 0 Å². The third-order valence-electron chi connectivity index (χ3n) is 4.26. The molecule has 0 saturated carbocycles. The monoisotopic (exact) mass is 310 g/mol. The van der Waals surface area contributed by atoms with E-state index in [-0.39, 0.29) is 0 Å². The molecule has 3 nitrogen and oxygen atoms in total. The highest BCUT2D eigenvalue weighted by atomic mass is 16.5. The van der Waals surface area contributed by atoms with Crippen LogP contribution in [0.15, 0.2) is 48.5 Å². The quantitative estimate of drug-likeness (QED) is 0.888. The Morgan fingerprint density at radius 1 is 1.09 bits per heavy atom. The summed E-state index contributed by atoms with van der Waals surface area (Å²) in [5.74, 6) is 1.86. The van der Waals surface area contributed by atoms with Crippen LogP contribution in [0.4, 0.5) is 0 Å². The van der Waals surface area contributed by atoms with Gasteiger partial charge in [0, 0.05) is 18.2 Å². The lowest BCUT2D eigenvalue weighted by Gasteiger charge is -2.25. The summed E-state index contributed by atoms with van der Waals surface area (Å²) in [6, 6.07) is 17.2. The van der Waals surface area contributed by atoms with Gasteiger partial charge in [-0.25, -0.2) is 0 Å². The molecule has 2 aromatic rings. The van der Waals surface area contributed by atoms with Gasteiger partial charge in [-0.2, -0.15) is 0 Å². The number of hydrogen-bond acceptors (Lipinski definition) is 3. The van der Waals surface area contributed by atoms with Gasteiger partial charge in [-0.3, -0.25) is 0 Å². The number of para-hydroxylation sites is 1. The molecule has 0 spiro atoms. The van der Waals surface area contributed by atoms with Gasteiger partial charge in [0.15, 0.2) is 0 Å². The topological polar surface area (TPSA) is 24.5 Å². The lowest BCUT2D eigenvalue weighted by atomic mass is 9.96. The molecule has 1 aliphatic heterocycles. The van der Waals surface area contributed by atoms with Crippen LogP contribution in [-0.2, 0) is 6.54 Å². The first-order chi connectivity index (χ1) is 11.2. The fourth-order valence-corrected chi connectivity index (χ4v) is 3.11. The molecule has 1 N–H and O–H groups in total. The van der Waals surface area contributed by atoms with Crippen LogP contribution < -0.4 is 10.1 Å². The maximum atomic E-state index is 6.19. The largest absolute Gasteiger partial charge is 0.457 e. The molecule has 0 aromatic heterocycles. The molecule has 2 aromatic carbocycles. The third kappa shape index (κ3) is 4.34. The normalized spacial score (nSPS) is 18.1. The average Bonchev–Trinajstić information content (AvgIpc) is 2.58. The molecule has 1 aliphatic rings. The van der Waals surface area contributed by atoms with E-state index in [0.717, 1.165) is 24.6 Å². The second kappa shape index (κ2) is 7.62. The van der Waals surface area contributed by atoms with Crippen molar-refractivity contribution < 1.29 is 4.74 Å². The second-order valence-corrected chi connectivity index (χ2v) is 6.52. The number of nitrogens with zero attached hydrogens (tertiary/aromatic N) is 1. The molecule has 1 atom stereocenters. The predicted octanol–water partition coefficient (Wildman–Crippen LogP) is 4.36. The summed E-state index contributed by atoms with van der Waals surface area (Å²) >= 11 is 0. The van der Waals surface area contributed by atoms with E-state index >= 15 is 0 Å². The Bertz CT molecular complexity index is 619. The lowest BCUT2D eigenvalue weighted by molar-refractivity contribution is 0.386. The molecular formula is C20H26N2O. The zero-order valence-corrected chi connectivity index (χ0v) is 14.1. The van der Waals surface area contributed by atoms with Gasteiger partial charge in [-0.15, -0.1) is 0 Å². The van der Waals surface area contributed by atoms with Gasteiger partial charge in [0.2, 0.25) is 0 Å². The van der Waals surface area contributed by atoms with Crippen LogP contribution in [0, 0.1) is 0 Å². The van der Waals surface area contributed by atoms with Crippen LogP contribution in [0.25, 0.3) is 0 Å². The molecule has 23 heavy (non-hydrogen) atoms. The molecule has 1 fully saturated rings. The van der Waals surface area contributed by atoms with Gasteiger partial charge in [0.05, 0.1) is 0 Å². The maximum absolute atomic E-state index is 6.19. The van der Waals surface area contributed by atoms with E-state index in [2.05, 4.69) is 42.5 Å². The van der Waals surface area contributed by atoms with Gasteiger partial charge in [0.25, 0.3) is 0 Å². The Balaban J connectivity index is 1.88. The summed E-state index contributed by atoms with van der Waals surface area (Å²) in [6.45, 7) is 1.99. The first-order valence-corrected chi connectivity index (χ1v) is 8.46. The Morgan fingerprint density at radius 3 is 2.61 bits per heavy atom. The lowest BCUT2D eigenvalue weighted by Crippen LogP contribution is -2.26. The summed E-state index contributed by atoms with van der Waals surface area (Å²) < 4.78 is 6.19. The number of piperidine rings is 1. The van der Waals surface area contributed by atoms with Crippen molar-refractivity contribution >= 4 is 0 Å². The van der Waals surface area contributed by atoms with Crippen LogP contribution >= 0.6 is 0 Å². The number of ether oxygens (including phenoxy) is 1. The van der Waals surface area contributed by atoms with Crippen molar-refractivity contribution in [1.82, 2.24) is 10.2 Å². The van der Waals surface area contributed by atoms with E-state index in [0.29, 0.717) is 6.04 Å². The highest BCUT2D eigenvalue weighted by Gasteiger charge is 2.17. The van der Waals surface area contributed by atoms with E-state index < -0.39 is 0 Å². The van der Waals surface area contributed by atoms with E-state index in [4.69, 9.17) is 4.74 Å². The summed E-state index contributed by atoms with van der Waals surface area (Å²) in [5.41, 5.74) is 2.55. The van der Waals surface area contributed by atoms with Gasteiger partial charge >= 0.3 is 0 Å². The molecule has 0 radical (unpaired) electrons. The minimum Gasteiger partial charge on any atom is -0.457 e. The first-order valence-electron chi connectivity index (χ1n) is 8.46. The van der Waals surface area contributed by atoms with Crippen molar-refractivity contribution in [2.24, 2.45) is 0 Å². The van der Waals surface area contributed by atoms with Gasteiger partial charge < -0.3 is 15.0 Å². The van der Waals surface area contributed by atoms with E-state index in [1.165, 1.54) is 30.4 Å². The van der Waals surface area contributed by atoms with Crippen molar-refractivity contribution in [2.45, 2.75) is 31.8 Å². The number of nitrogens with one attached hydrogen (secondary N) is 1. The molecule has 1 unspecified atom stereocenters. The smallest absolute Gasteiger partial charge is 0.132 e. The zero-order chi connectivity index (χ0) is 16.1. The van der Waals surface area contributed by atoms with Crippen molar-refractivity contribution in [3.8, 4) is 11.5 Å². The number of benzene rings is 2. The third-order valence-corrected chi connectivity index (χ3v) is 4.26. The van der Waals surface area contributed by atoms with E-state index in [1.54, 1.807) is 0 Å². The number of hydrogen-bond donors (Lipinski definition) is 1.